The maximum absolute atomic E-state index is 14.5. The highest BCUT2D eigenvalue weighted by Gasteiger charge is 2.23. The second-order valence-corrected chi connectivity index (χ2v) is 6.62. The number of benzene rings is 1. The summed E-state index contributed by atoms with van der Waals surface area (Å²) in [6.07, 6.45) is 2.56. The molecule has 0 atom stereocenters. The maximum atomic E-state index is 14.5. The number of anilines is 1. The predicted octanol–water partition coefficient (Wildman–Crippen LogP) is 0.492. The van der Waals surface area contributed by atoms with Crippen molar-refractivity contribution < 1.29 is 23.7 Å². The minimum Gasteiger partial charge on any atom is -0.436 e. The largest absolute Gasteiger partial charge is 0.491 e. The van der Waals surface area contributed by atoms with Crippen LogP contribution in [0, 0.1) is 19.7 Å². The number of hydrogen-bond donors (Lipinski definition) is 2. The fraction of sp³-hybridized carbons (Fsp3) is 0.167. The highest BCUT2D eigenvalue weighted by Crippen LogP contribution is 2.26. The molecule has 0 spiro atoms. The van der Waals surface area contributed by atoms with Crippen molar-refractivity contribution in [3.05, 3.63) is 53.8 Å². The molecule has 10 nitrogen and oxygen atoms in total. The number of hydrogen-bond acceptors (Lipinski definition) is 8. The first kappa shape index (κ1) is 19.7. The lowest BCUT2D eigenvalue weighted by atomic mass is 9.83. The van der Waals surface area contributed by atoms with Crippen molar-refractivity contribution in [2.45, 2.75) is 13.8 Å². The zero-order chi connectivity index (χ0) is 21.6. The molecular formula is C18H16BFN6O4. The summed E-state index contributed by atoms with van der Waals surface area (Å²) in [5.74, 6) is -0.374. The van der Waals surface area contributed by atoms with Crippen LogP contribution in [0.1, 0.15) is 22.1 Å². The Bertz CT molecular complexity index is 1270. The number of aryl methyl sites for hydroxylation is 2. The zero-order valence-electron chi connectivity index (χ0n) is 16.2. The van der Waals surface area contributed by atoms with Crippen molar-refractivity contribution in [1.82, 2.24) is 24.6 Å². The van der Waals surface area contributed by atoms with Gasteiger partial charge in [0.25, 0.3) is 11.7 Å². The number of oxazole rings is 1. The van der Waals surface area contributed by atoms with E-state index in [2.05, 4.69) is 20.1 Å². The summed E-state index contributed by atoms with van der Waals surface area (Å²) in [6, 6.07) is 4.08. The van der Waals surface area contributed by atoms with Crippen molar-refractivity contribution in [2.24, 2.45) is 0 Å². The summed E-state index contributed by atoms with van der Waals surface area (Å²) in [5.41, 5.74) is 1.01. The van der Waals surface area contributed by atoms with Crippen molar-refractivity contribution in [3.8, 4) is 11.4 Å². The van der Waals surface area contributed by atoms with Crippen LogP contribution in [0.15, 0.2) is 35.0 Å². The third kappa shape index (κ3) is 3.42. The van der Waals surface area contributed by atoms with Crippen molar-refractivity contribution in [3.63, 3.8) is 0 Å². The molecule has 0 aliphatic heterocycles. The molecule has 0 unspecified atom stereocenters. The van der Waals surface area contributed by atoms with Crippen molar-refractivity contribution in [1.29, 1.82) is 0 Å². The molecule has 2 N–H and O–H groups in total. The number of amides is 1. The average molecular weight is 410 g/mol. The standard InChI is InChI=1S/C18H16BFN6O4/c1-9-15(30-10(2)22-9)17(27)25(3)12-4-5-14(20)13(6-12)16-23-18-21-7-11(19(28)29)8-26(18)24-16/h4-8,28-29H,1-3H3. The molecule has 4 rings (SSSR count). The monoisotopic (exact) mass is 410 g/mol. The lowest BCUT2D eigenvalue weighted by molar-refractivity contribution is 0.0964. The minimum absolute atomic E-state index is 0.0268. The van der Waals surface area contributed by atoms with E-state index < -0.39 is 18.8 Å². The lowest BCUT2D eigenvalue weighted by Gasteiger charge is -2.17. The number of nitrogens with zero attached hydrogens (tertiary/aromatic N) is 6. The smallest absolute Gasteiger partial charge is 0.436 e. The normalized spacial score (nSPS) is 11.1. The number of fused-ring (bicyclic) bond motifs is 1. The van der Waals surface area contributed by atoms with Crippen LogP contribution >= 0.6 is 0 Å². The lowest BCUT2D eigenvalue weighted by Crippen LogP contribution is -2.31. The van der Waals surface area contributed by atoms with Crippen LogP contribution in [0.4, 0.5) is 10.1 Å². The van der Waals surface area contributed by atoms with E-state index in [4.69, 9.17) is 4.42 Å². The number of rotatable bonds is 4. The van der Waals surface area contributed by atoms with E-state index in [9.17, 15) is 19.2 Å². The topological polar surface area (TPSA) is 130 Å². The van der Waals surface area contributed by atoms with Crippen LogP contribution in [0.3, 0.4) is 0 Å². The molecule has 12 heteroatoms. The van der Waals surface area contributed by atoms with Gasteiger partial charge in [-0.15, -0.1) is 5.10 Å². The first-order valence-corrected chi connectivity index (χ1v) is 8.85. The van der Waals surface area contributed by atoms with Crippen LogP contribution in [0.5, 0.6) is 0 Å². The molecule has 0 aliphatic rings. The SMILES string of the molecule is Cc1nc(C)c(C(=O)N(C)c2ccc(F)c(-c3nc4ncc(B(O)O)cn4n3)c2)o1. The maximum Gasteiger partial charge on any atom is 0.491 e. The Morgan fingerprint density at radius 3 is 2.70 bits per heavy atom. The van der Waals surface area contributed by atoms with Crippen LogP contribution < -0.4 is 10.4 Å². The molecule has 0 fully saturated rings. The van der Waals surface area contributed by atoms with Gasteiger partial charge in [0, 0.05) is 37.5 Å². The molecular weight excluding hydrogens is 394 g/mol. The molecule has 3 aromatic heterocycles. The number of carbonyl (C=O) groups excluding carboxylic acids is 1. The van der Waals surface area contributed by atoms with Gasteiger partial charge in [-0.2, -0.15) is 4.98 Å². The summed E-state index contributed by atoms with van der Waals surface area (Å²) in [4.78, 5) is 26.3. The Balaban J connectivity index is 1.72. The van der Waals surface area contributed by atoms with Gasteiger partial charge in [-0.1, -0.05) is 0 Å². The summed E-state index contributed by atoms with van der Waals surface area (Å²) in [5, 5.41) is 22.7. The molecule has 152 valence electrons. The fourth-order valence-corrected chi connectivity index (χ4v) is 2.94. The first-order chi connectivity index (χ1) is 14.2. The Kier molecular flexibility index (Phi) is 4.80. The van der Waals surface area contributed by atoms with E-state index in [0.717, 1.165) is 0 Å². The molecule has 0 saturated heterocycles. The Hall–Kier alpha value is -3.64. The predicted molar refractivity (Wildman–Crippen MR) is 105 cm³/mol. The summed E-state index contributed by atoms with van der Waals surface area (Å²) < 4.78 is 21.1. The fourth-order valence-electron chi connectivity index (χ4n) is 2.94. The second kappa shape index (κ2) is 7.32. The second-order valence-electron chi connectivity index (χ2n) is 6.62. The molecule has 0 saturated carbocycles. The molecule has 30 heavy (non-hydrogen) atoms. The highest BCUT2D eigenvalue weighted by molar-refractivity contribution is 6.58. The summed E-state index contributed by atoms with van der Waals surface area (Å²) in [6.45, 7) is 3.31. The molecule has 3 heterocycles. The Labute approximate surface area is 169 Å². The molecule has 1 amide bonds. The number of carbonyl (C=O) groups is 1. The van der Waals surface area contributed by atoms with Crippen LogP contribution in [-0.4, -0.2) is 54.7 Å². The van der Waals surface area contributed by atoms with Gasteiger partial charge in [0.15, 0.2) is 11.7 Å². The highest BCUT2D eigenvalue weighted by atomic mass is 19.1. The van der Waals surface area contributed by atoms with Gasteiger partial charge in [-0.25, -0.2) is 18.9 Å². The van der Waals surface area contributed by atoms with Crippen molar-refractivity contribution >= 4 is 30.0 Å². The first-order valence-electron chi connectivity index (χ1n) is 8.85. The van der Waals surface area contributed by atoms with E-state index in [1.54, 1.807) is 13.8 Å². The summed E-state index contributed by atoms with van der Waals surface area (Å²) in [7, 11) is -0.193. The van der Waals surface area contributed by atoms with Gasteiger partial charge in [0.2, 0.25) is 5.76 Å². The third-order valence-corrected chi connectivity index (χ3v) is 4.49. The van der Waals surface area contributed by atoms with Crippen LogP contribution in [-0.2, 0) is 0 Å². The molecule has 1 aromatic carbocycles. The Morgan fingerprint density at radius 2 is 2.03 bits per heavy atom. The third-order valence-electron chi connectivity index (χ3n) is 4.49. The zero-order valence-corrected chi connectivity index (χ0v) is 16.2. The van der Waals surface area contributed by atoms with E-state index in [1.165, 1.54) is 47.1 Å². The Morgan fingerprint density at radius 1 is 1.27 bits per heavy atom. The van der Waals surface area contributed by atoms with E-state index in [1.807, 2.05) is 0 Å². The quantitative estimate of drug-likeness (QED) is 0.465. The van der Waals surface area contributed by atoms with Crippen molar-refractivity contribution in [2.75, 3.05) is 11.9 Å². The van der Waals surface area contributed by atoms with E-state index in [-0.39, 0.29) is 28.4 Å². The molecule has 0 bridgehead atoms. The van der Waals surface area contributed by atoms with Crippen LogP contribution in [0.2, 0.25) is 0 Å². The number of aromatic nitrogens is 5. The summed E-state index contributed by atoms with van der Waals surface area (Å²) >= 11 is 0. The van der Waals surface area contributed by atoms with Gasteiger partial charge in [-0.3, -0.25) is 4.79 Å². The molecule has 4 aromatic rings. The van der Waals surface area contributed by atoms with Gasteiger partial charge < -0.3 is 19.4 Å². The van der Waals surface area contributed by atoms with Crippen LogP contribution in [0.25, 0.3) is 17.2 Å². The van der Waals surface area contributed by atoms with E-state index in [0.29, 0.717) is 17.3 Å². The number of halogens is 1. The molecule has 0 radical (unpaired) electrons. The van der Waals surface area contributed by atoms with Gasteiger partial charge >= 0.3 is 7.12 Å². The van der Waals surface area contributed by atoms with Gasteiger partial charge in [-0.05, 0) is 25.1 Å². The van der Waals surface area contributed by atoms with E-state index >= 15 is 0 Å². The average Bonchev–Trinajstić information content (AvgIpc) is 3.28. The minimum atomic E-state index is -1.72. The van der Waals surface area contributed by atoms with Gasteiger partial charge in [0.05, 0.1) is 11.3 Å². The van der Waals surface area contributed by atoms with Gasteiger partial charge in [0.1, 0.15) is 5.82 Å². The molecule has 0 aliphatic carbocycles.